The Morgan fingerprint density at radius 3 is 2.36 bits per heavy atom. The fraction of sp³-hybridized carbons (Fsp3) is 0.528. The molecular formula is C36H47FN6O3S. The van der Waals surface area contributed by atoms with Gasteiger partial charge in [-0.1, -0.05) is 57.2 Å². The van der Waals surface area contributed by atoms with Crippen molar-refractivity contribution in [3.8, 4) is 11.3 Å². The number of H-pyrrole nitrogens is 1. The standard InChI is InChI=1S/C36H47FN6O3S/c1-36(2,3)14-17-42-33(45)31(47-34(42)28-11-10-26(37)22-30(28)40-20-18-39(4)19-21-40)23-32(44)41-15-12-27(13-16-41)43-24-29(38-35(43)46)25-8-6-5-7-9-25/h5-11,22,24,27,31,34H,12-21,23H2,1-4H3,(H,38,46). The summed E-state index contributed by atoms with van der Waals surface area (Å²) in [5, 5.41) is -0.792. The average molecular weight is 663 g/mol. The zero-order chi connectivity index (χ0) is 33.3. The maximum Gasteiger partial charge on any atom is 0.326 e. The number of piperazine rings is 1. The molecule has 3 aromatic rings. The third-order valence-corrected chi connectivity index (χ3v) is 11.2. The van der Waals surface area contributed by atoms with E-state index in [1.165, 1.54) is 17.8 Å². The number of piperidine rings is 1. The van der Waals surface area contributed by atoms with E-state index < -0.39 is 5.25 Å². The second-order valence-corrected chi connectivity index (χ2v) is 15.7. The Bertz CT molecular complexity index is 1620. The highest BCUT2D eigenvalue weighted by molar-refractivity contribution is 8.01. The number of rotatable bonds is 8. The van der Waals surface area contributed by atoms with Crippen molar-refractivity contribution in [1.29, 1.82) is 0 Å². The molecule has 3 fully saturated rings. The molecule has 9 nitrogen and oxygen atoms in total. The van der Waals surface area contributed by atoms with E-state index in [9.17, 15) is 18.8 Å². The zero-order valence-corrected chi connectivity index (χ0v) is 28.8. The van der Waals surface area contributed by atoms with E-state index in [1.54, 1.807) is 10.6 Å². The number of likely N-dealkylation sites (N-methyl/N-ethyl adjacent to an activating group) is 1. The number of hydrogen-bond acceptors (Lipinski definition) is 6. The van der Waals surface area contributed by atoms with Crippen LogP contribution in [0.1, 0.15) is 63.4 Å². The monoisotopic (exact) mass is 662 g/mol. The molecule has 0 spiro atoms. The first-order valence-electron chi connectivity index (χ1n) is 16.8. The summed E-state index contributed by atoms with van der Waals surface area (Å²) < 4.78 is 16.4. The van der Waals surface area contributed by atoms with Gasteiger partial charge in [-0.25, -0.2) is 9.18 Å². The number of thioether (sulfide) groups is 1. The summed E-state index contributed by atoms with van der Waals surface area (Å²) in [6, 6.07) is 14.7. The normalized spacial score (nSPS) is 21.6. The number of nitrogens with one attached hydrogen (secondary N) is 1. The number of amides is 2. The lowest BCUT2D eigenvalue weighted by Gasteiger charge is -2.37. The first-order valence-corrected chi connectivity index (χ1v) is 17.7. The number of carbonyl (C=O) groups excluding carboxylic acids is 2. The summed E-state index contributed by atoms with van der Waals surface area (Å²) >= 11 is 1.53. The second-order valence-electron chi connectivity index (χ2n) is 14.4. The van der Waals surface area contributed by atoms with E-state index in [2.05, 4.69) is 42.6 Å². The molecular weight excluding hydrogens is 616 g/mol. The van der Waals surface area contributed by atoms with Crippen molar-refractivity contribution in [2.45, 2.75) is 63.1 Å². The molecule has 3 saturated heterocycles. The van der Waals surface area contributed by atoms with Gasteiger partial charge in [0.1, 0.15) is 11.2 Å². The highest BCUT2D eigenvalue weighted by Crippen LogP contribution is 2.48. The highest BCUT2D eigenvalue weighted by atomic mass is 32.2. The average Bonchev–Trinajstić information content (AvgIpc) is 3.59. The molecule has 3 aliphatic heterocycles. The number of halogens is 1. The van der Waals surface area contributed by atoms with E-state index in [0.29, 0.717) is 32.5 Å². The minimum Gasteiger partial charge on any atom is -0.369 e. The number of anilines is 1. The molecule has 47 heavy (non-hydrogen) atoms. The van der Waals surface area contributed by atoms with Gasteiger partial charge in [0.05, 0.1) is 10.9 Å². The van der Waals surface area contributed by atoms with Gasteiger partial charge in [-0.15, -0.1) is 11.8 Å². The van der Waals surface area contributed by atoms with E-state index >= 15 is 0 Å². The summed E-state index contributed by atoms with van der Waals surface area (Å²) in [6.45, 7) is 11.5. The van der Waals surface area contributed by atoms with Gasteiger partial charge < -0.3 is 24.6 Å². The van der Waals surface area contributed by atoms with Crippen molar-refractivity contribution in [1.82, 2.24) is 24.3 Å². The van der Waals surface area contributed by atoms with Crippen LogP contribution in [0.2, 0.25) is 0 Å². The van der Waals surface area contributed by atoms with Gasteiger partial charge in [0.25, 0.3) is 0 Å². The van der Waals surface area contributed by atoms with Gasteiger partial charge in [0.2, 0.25) is 11.8 Å². The summed E-state index contributed by atoms with van der Waals surface area (Å²) in [4.78, 5) is 51.7. The van der Waals surface area contributed by atoms with Crippen molar-refractivity contribution >= 4 is 29.3 Å². The summed E-state index contributed by atoms with van der Waals surface area (Å²) in [7, 11) is 2.09. The van der Waals surface area contributed by atoms with Crippen LogP contribution in [0.3, 0.4) is 0 Å². The number of hydrogen-bond donors (Lipinski definition) is 1. The third kappa shape index (κ3) is 7.62. The maximum absolute atomic E-state index is 14.6. The van der Waals surface area contributed by atoms with Gasteiger partial charge in [0, 0.05) is 75.7 Å². The lowest BCUT2D eigenvalue weighted by molar-refractivity contribution is -0.136. The van der Waals surface area contributed by atoms with E-state index in [4.69, 9.17) is 0 Å². The first kappa shape index (κ1) is 33.3. The quantitative estimate of drug-likeness (QED) is 0.350. The number of carbonyl (C=O) groups is 2. The van der Waals surface area contributed by atoms with Crippen molar-refractivity contribution in [2.24, 2.45) is 5.41 Å². The lowest BCUT2D eigenvalue weighted by Crippen LogP contribution is -2.45. The fourth-order valence-corrected chi connectivity index (χ4v) is 8.33. The molecule has 0 radical (unpaired) electrons. The van der Waals surface area contributed by atoms with Crippen LogP contribution in [0.15, 0.2) is 59.5 Å². The molecule has 1 N–H and O–H groups in total. The largest absolute Gasteiger partial charge is 0.369 e. The van der Waals surface area contributed by atoms with Crippen LogP contribution in [0.25, 0.3) is 11.3 Å². The predicted molar refractivity (Wildman–Crippen MR) is 186 cm³/mol. The van der Waals surface area contributed by atoms with Crippen molar-refractivity contribution in [3.63, 3.8) is 0 Å². The number of aromatic amines is 1. The molecule has 6 rings (SSSR count). The van der Waals surface area contributed by atoms with E-state index in [1.807, 2.05) is 52.4 Å². The molecule has 4 heterocycles. The molecule has 3 aliphatic rings. The Hall–Kier alpha value is -3.57. The predicted octanol–water partition coefficient (Wildman–Crippen LogP) is 5.37. The number of aromatic nitrogens is 2. The molecule has 2 amide bonds. The number of nitrogens with zero attached hydrogens (tertiary/aromatic N) is 5. The highest BCUT2D eigenvalue weighted by Gasteiger charge is 2.44. The van der Waals surface area contributed by atoms with Crippen LogP contribution in [0, 0.1) is 11.2 Å². The molecule has 2 atom stereocenters. The summed E-state index contributed by atoms with van der Waals surface area (Å²) in [5.74, 6) is -0.337. The van der Waals surface area contributed by atoms with Crippen LogP contribution in [0.5, 0.6) is 0 Å². The van der Waals surface area contributed by atoms with Gasteiger partial charge >= 0.3 is 5.69 Å². The van der Waals surface area contributed by atoms with Crippen molar-refractivity contribution in [3.05, 3.63) is 76.6 Å². The van der Waals surface area contributed by atoms with Crippen LogP contribution in [0.4, 0.5) is 10.1 Å². The molecule has 0 saturated carbocycles. The topological polar surface area (TPSA) is 84.9 Å². The second kappa shape index (κ2) is 13.9. The molecule has 11 heteroatoms. The van der Waals surface area contributed by atoms with Crippen molar-refractivity contribution < 1.29 is 14.0 Å². The van der Waals surface area contributed by atoms with Gasteiger partial charge in [-0.2, -0.15) is 0 Å². The Morgan fingerprint density at radius 2 is 1.68 bits per heavy atom. The summed E-state index contributed by atoms with van der Waals surface area (Å²) in [6.07, 6.45) is 4.18. The Morgan fingerprint density at radius 1 is 0.979 bits per heavy atom. The van der Waals surface area contributed by atoms with Gasteiger partial charge in [-0.3, -0.25) is 14.2 Å². The Labute approximate surface area is 281 Å². The van der Waals surface area contributed by atoms with Gasteiger partial charge in [0.15, 0.2) is 0 Å². The number of imidazole rings is 1. The van der Waals surface area contributed by atoms with Gasteiger partial charge in [-0.05, 0) is 49.4 Å². The van der Waals surface area contributed by atoms with E-state index in [0.717, 1.165) is 55.1 Å². The molecule has 1 aromatic heterocycles. The molecule has 0 aliphatic carbocycles. The van der Waals surface area contributed by atoms with Crippen LogP contribution < -0.4 is 10.6 Å². The van der Waals surface area contributed by atoms with Crippen LogP contribution in [-0.2, 0) is 9.59 Å². The minimum atomic E-state index is -0.503. The SMILES string of the molecule is CN1CCN(c2cc(F)ccc2C2SC(CC(=O)N3CCC(n4cc(-c5ccccc5)[nH]c4=O)CC3)C(=O)N2CCC(C)(C)C)CC1. The fourth-order valence-electron chi connectivity index (χ4n) is 6.82. The first-order chi connectivity index (χ1) is 22.5. The zero-order valence-electron chi connectivity index (χ0n) is 28.0. The maximum atomic E-state index is 14.6. The van der Waals surface area contributed by atoms with Crippen molar-refractivity contribution in [2.75, 3.05) is 57.8 Å². The Kier molecular flexibility index (Phi) is 9.85. The van der Waals surface area contributed by atoms with Crippen LogP contribution in [-0.4, -0.2) is 94.2 Å². The lowest BCUT2D eigenvalue weighted by atomic mass is 9.92. The Balaban J connectivity index is 1.15. The third-order valence-electron chi connectivity index (χ3n) is 9.74. The van der Waals surface area contributed by atoms with E-state index in [-0.39, 0.29) is 46.6 Å². The molecule has 252 valence electrons. The van der Waals surface area contributed by atoms with Crippen LogP contribution >= 0.6 is 11.8 Å². The summed E-state index contributed by atoms with van der Waals surface area (Å²) in [5.41, 5.74) is 3.41. The molecule has 2 aromatic carbocycles. The number of benzene rings is 2. The molecule has 0 bridgehead atoms. The minimum absolute atomic E-state index is 0.00601. The smallest absolute Gasteiger partial charge is 0.326 e. The molecule has 2 unspecified atom stereocenters. The number of likely N-dealkylation sites (tertiary alicyclic amines) is 1.